The van der Waals surface area contributed by atoms with Gasteiger partial charge in [-0.1, -0.05) is 19.1 Å². The van der Waals surface area contributed by atoms with Crippen LogP contribution in [-0.2, 0) is 6.42 Å². The van der Waals surface area contributed by atoms with E-state index in [1.165, 1.54) is 0 Å². The van der Waals surface area contributed by atoms with Crippen molar-refractivity contribution in [3.63, 3.8) is 0 Å². The molecule has 96 valence electrons. The SMILES string of the molecule is CCc1nc(=S)cc(-c2cc(C#N)ccc2OC)[nH]1. The van der Waals surface area contributed by atoms with E-state index < -0.39 is 0 Å². The smallest absolute Gasteiger partial charge is 0.130 e. The van der Waals surface area contributed by atoms with Crippen LogP contribution in [0.1, 0.15) is 18.3 Å². The van der Waals surface area contributed by atoms with Gasteiger partial charge in [0.15, 0.2) is 0 Å². The van der Waals surface area contributed by atoms with Gasteiger partial charge >= 0.3 is 0 Å². The molecule has 0 bridgehead atoms. The minimum atomic E-state index is 0.523. The summed E-state index contributed by atoms with van der Waals surface area (Å²) < 4.78 is 5.85. The fourth-order valence-corrected chi connectivity index (χ4v) is 2.04. The second kappa shape index (κ2) is 5.63. The fourth-order valence-electron chi connectivity index (χ4n) is 1.81. The van der Waals surface area contributed by atoms with E-state index in [0.717, 1.165) is 23.5 Å². The molecule has 0 saturated heterocycles. The van der Waals surface area contributed by atoms with Gasteiger partial charge in [0, 0.05) is 12.0 Å². The minimum absolute atomic E-state index is 0.523. The molecule has 0 aliphatic rings. The number of hydrogen-bond donors (Lipinski definition) is 1. The second-order valence-electron chi connectivity index (χ2n) is 3.96. The number of ether oxygens (including phenoxy) is 1. The average Bonchev–Trinajstić information content (AvgIpc) is 2.45. The Bertz CT molecular complexity index is 701. The Hall–Kier alpha value is -2.19. The molecule has 1 heterocycles. The highest BCUT2D eigenvalue weighted by atomic mass is 32.1. The van der Waals surface area contributed by atoms with Gasteiger partial charge in [-0.15, -0.1) is 0 Å². The van der Waals surface area contributed by atoms with Crippen LogP contribution in [0.2, 0.25) is 0 Å². The first kappa shape index (κ1) is 13.2. The van der Waals surface area contributed by atoms with E-state index in [1.54, 1.807) is 31.4 Å². The van der Waals surface area contributed by atoms with Crippen LogP contribution in [0.25, 0.3) is 11.3 Å². The van der Waals surface area contributed by atoms with Crippen LogP contribution in [-0.4, -0.2) is 17.1 Å². The standard InChI is InChI=1S/C14H13N3OS/c1-3-13-16-11(7-14(19)17-13)10-6-9(8-15)4-5-12(10)18-2/h4-7H,3H2,1-2H3,(H,16,17,19). The summed E-state index contributed by atoms with van der Waals surface area (Å²) in [5.74, 6) is 1.50. The molecule has 1 aromatic heterocycles. The maximum absolute atomic E-state index is 8.99. The molecule has 0 saturated carbocycles. The van der Waals surface area contributed by atoms with Gasteiger partial charge in [-0.25, -0.2) is 4.98 Å². The molecule has 2 aromatic rings. The lowest BCUT2D eigenvalue weighted by molar-refractivity contribution is 0.416. The second-order valence-corrected chi connectivity index (χ2v) is 4.38. The highest BCUT2D eigenvalue weighted by Gasteiger charge is 2.09. The Morgan fingerprint density at radius 2 is 2.21 bits per heavy atom. The Morgan fingerprint density at radius 1 is 1.42 bits per heavy atom. The normalized spacial score (nSPS) is 9.95. The van der Waals surface area contributed by atoms with Crippen molar-refractivity contribution in [1.29, 1.82) is 5.26 Å². The number of nitriles is 1. The van der Waals surface area contributed by atoms with E-state index in [0.29, 0.717) is 16.0 Å². The number of aromatic amines is 1. The average molecular weight is 271 g/mol. The van der Waals surface area contributed by atoms with E-state index in [9.17, 15) is 0 Å². The molecule has 0 unspecified atom stereocenters. The molecule has 0 radical (unpaired) electrons. The number of methoxy groups -OCH3 is 1. The predicted octanol–water partition coefficient (Wildman–Crippen LogP) is 3.25. The third-order valence-electron chi connectivity index (χ3n) is 2.75. The number of aromatic nitrogens is 2. The predicted molar refractivity (Wildman–Crippen MR) is 75.5 cm³/mol. The summed E-state index contributed by atoms with van der Waals surface area (Å²) in [5, 5.41) is 8.99. The van der Waals surface area contributed by atoms with E-state index in [2.05, 4.69) is 16.0 Å². The molecule has 1 aromatic carbocycles. The molecule has 5 heteroatoms. The van der Waals surface area contributed by atoms with E-state index >= 15 is 0 Å². The lowest BCUT2D eigenvalue weighted by atomic mass is 10.1. The van der Waals surface area contributed by atoms with Gasteiger partial charge in [-0.2, -0.15) is 5.26 Å². The van der Waals surface area contributed by atoms with Crippen molar-refractivity contribution in [1.82, 2.24) is 9.97 Å². The number of aryl methyl sites for hydroxylation is 1. The summed E-state index contributed by atoms with van der Waals surface area (Å²) in [6, 6.07) is 9.16. The molecule has 0 aliphatic heterocycles. The van der Waals surface area contributed by atoms with Gasteiger partial charge in [0.25, 0.3) is 0 Å². The van der Waals surface area contributed by atoms with Crippen molar-refractivity contribution < 1.29 is 4.74 Å². The monoisotopic (exact) mass is 271 g/mol. The lowest BCUT2D eigenvalue weighted by Gasteiger charge is -2.10. The molecule has 0 aliphatic carbocycles. The molecule has 1 N–H and O–H groups in total. The van der Waals surface area contributed by atoms with E-state index in [1.807, 2.05) is 6.92 Å². The van der Waals surface area contributed by atoms with Crippen LogP contribution in [0.15, 0.2) is 24.3 Å². The first-order valence-corrected chi connectivity index (χ1v) is 6.27. The van der Waals surface area contributed by atoms with Gasteiger partial charge in [-0.3, -0.25) is 0 Å². The molecule has 2 rings (SSSR count). The summed E-state index contributed by atoms with van der Waals surface area (Å²) in [6.45, 7) is 2.00. The van der Waals surface area contributed by atoms with Crippen LogP contribution in [0.3, 0.4) is 0 Å². The third-order valence-corrected chi connectivity index (χ3v) is 2.95. The first-order chi connectivity index (χ1) is 9.17. The number of H-pyrrole nitrogens is 1. The third kappa shape index (κ3) is 2.80. The number of rotatable bonds is 3. The molecule has 19 heavy (non-hydrogen) atoms. The molecule has 0 amide bonds. The maximum Gasteiger partial charge on any atom is 0.130 e. The number of benzene rings is 1. The van der Waals surface area contributed by atoms with Gasteiger partial charge in [0.1, 0.15) is 16.2 Å². The molecular formula is C14H13N3OS. The Labute approximate surface area is 116 Å². The Balaban J connectivity index is 2.66. The van der Waals surface area contributed by atoms with Gasteiger partial charge in [-0.05, 0) is 24.3 Å². The summed E-state index contributed by atoms with van der Waals surface area (Å²) in [7, 11) is 1.60. The van der Waals surface area contributed by atoms with Gasteiger partial charge in [0.2, 0.25) is 0 Å². The number of nitrogens with zero attached hydrogens (tertiary/aromatic N) is 2. The quantitative estimate of drug-likeness (QED) is 0.870. The van der Waals surface area contributed by atoms with Crippen LogP contribution in [0.5, 0.6) is 5.75 Å². The summed E-state index contributed by atoms with van der Waals surface area (Å²) >= 11 is 5.16. The van der Waals surface area contributed by atoms with Crippen molar-refractivity contribution in [2.24, 2.45) is 0 Å². The summed E-state index contributed by atoms with van der Waals surface area (Å²) in [6.07, 6.45) is 0.762. The summed E-state index contributed by atoms with van der Waals surface area (Å²) in [5.41, 5.74) is 2.19. The van der Waals surface area contributed by atoms with Crippen molar-refractivity contribution in [2.75, 3.05) is 7.11 Å². The zero-order chi connectivity index (χ0) is 13.8. The highest BCUT2D eigenvalue weighted by Crippen LogP contribution is 2.29. The van der Waals surface area contributed by atoms with Crippen LogP contribution >= 0.6 is 12.2 Å². The first-order valence-electron chi connectivity index (χ1n) is 5.86. The van der Waals surface area contributed by atoms with E-state index in [-0.39, 0.29) is 0 Å². The molecule has 0 atom stereocenters. The Kier molecular flexibility index (Phi) is 3.93. The van der Waals surface area contributed by atoms with Gasteiger partial charge < -0.3 is 9.72 Å². The molecule has 0 spiro atoms. The molecular weight excluding hydrogens is 258 g/mol. The van der Waals surface area contributed by atoms with Crippen LogP contribution in [0.4, 0.5) is 0 Å². The summed E-state index contributed by atoms with van der Waals surface area (Å²) in [4.78, 5) is 7.44. The topological polar surface area (TPSA) is 61.7 Å². The van der Waals surface area contributed by atoms with Crippen molar-refractivity contribution >= 4 is 12.2 Å². The zero-order valence-corrected chi connectivity index (χ0v) is 11.5. The molecule has 4 nitrogen and oxygen atoms in total. The van der Waals surface area contributed by atoms with Crippen LogP contribution < -0.4 is 4.74 Å². The Morgan fingerprint density at radius 3 is 2.84 bits per heavy atom. The van der Waals surface area contributed by atoms with Crippen molar-refractivity contribution in [3.05, 3.63) is 40.3 Å². The zero-order valence-electron chi connectivity index (χ0n) is 10.7. The lowest BCUT2D eigenvalue weighted by Crippen LogP contribution is -1.97. The van der Waals surface area contributed by atoms with Crippen molar-refractivity contribution in [2.45, 2.75) is 13.3 Å². The van der Waals surface area contributed by atoms with E-state index in [4.69, 9.17) is 22.2 Å². The largest absolute Gasteiger partial charge is 0.496 e. The number of hydrogen-bond acceptors (Lipinski definition) is 4. The minimum Gasteiger partial charge on any atom is -0.496 e. The van der Waals surface area contributed by atoms with Crippen LogP contribution in [0, 0.1) is 16.0 Å². The van der Waals surface area contributed by atoms with Gasteiger partial charge in [0.05, 0.1) is 24.4 Å². The molecule has 0 fully saturated rings. The highest BCUT2D eigenvalue weighted by molar-refractivity contribution is 7.71. The number of nitrogens with one attached hydrogen (secondary N) is 1. The fraction of sp³-hybridized carbons (Fsp3) is 0.214. The maximum atomic E-state index is 8.99. The van der Waals surface area contributed by atoms with Crippen molar-refractivity contribution in [3.8, 4) is 23.1 Å².